The van der Waals surface area contributed by atoms with Crippen LogP contribution in [-0.2, 0) is 16.1 Å². The van der Waals surface area contributed by atoms with E-state index in [2.05, 4.69) is 16.4 Å². The Bertz CT molecular complexity index is 1080. The fourth-order valence-corrected chi connectivity index (χ4v) is 2.95. The summed E-state index contributed by atoms with van der Waals surface area (Å²) in [5.41, 5.74) is 2.91. The van der Waals surface area contributed by atoms with Gasteiger partial charge in [-0.25, -0.2) is 8.78 Å². The highest BCUT2D eigenvalue weighted by Gasteiger charge is 2.52. The first-order valence-corrected chi connectivity index (χ1v) is 10.6. The van der Waals surface area contributed by atoms with Crippen molar-refractivity contribution in [2.45, 2.75) is 33.0 Å². The molecule has 2 rings (SSSR count). The second-order valence-corrected chi connectivity index (χ2v) is 8.16. The van der Waals surface area contributed by atoms with Crippen LogP contribution >= 0.6 is 11.6 Å². The zero-order valence-electron chi connectivity index (χ0n) is 19.5. The Morgan fingerprint density at radius 3 is 2.28 bits per heavy atom. The van der Waals surface area contributed by atoms with Crippen molar-refractivity contribution in [2.75, 3.05) is 13.7 Å². The number of halogens is 6. The molecule has 7 nitrogen and oxygen atoms in total. The molecule has 0 heterocycles. The van der Waals surface area contributed by atoms with Crippen molar-refractivity contribution in [1.82, 2.24) is 10.6 Å². The summed E-state index contributed by atoms with van der Waals surface area (Å²) in [7, 11) is 1.37. The molecule has 0 radical (unpaired) electrons. The number of carbonyl (C=O) groups is 3. The standard InChI is InChI=1S/C22H22ClF5N2O3.CH3NO/c1-21(2,22(26,27)28)20(32)30-10-12-4-6-16(23)14(8-12)13-5-7-17(33-11-18(24)25)15(9-13)19(31)29-3;2-1-3/h4-9,18H,10-11H2,1-3H3,(H,29,31)(H,30,32);1H,(H2,2,3). The van der Waals surface area contributed by atoms with Gasteiger partial charge in [0.05, 0.1) is 5.56 Å². The van der Waals surface area contributed by atoms with E-state index in [-0.39, 0.29) is 29.3 Å². The van der Waals surface area contributed by atoms with Crippen molar-refractivity contribution in [3.05, 3.63) is 52.5 Å². The quantitative estimate of drug-likeness (QED) is 0.344. The maximum atomic E-state index is 13.0. The average Bonchev–Trinajstić information content (AvgIpc) is 2.81. The molecule has 0 atom stereocenters. The second kappa shape index (κ2) is 13.1. The van der Waals surface area contributed by atoms with Crippen LogP contribution in [0.5, 0.6) is 5.75 Å². The van der Waals surface area contributed by atoms with Crippen LogP contribution in [-0.4, -0.2) is 44.5 Å². The number of ether oxygens (including phenoxy) is 1. The van der Waals surface area contributed by atoms with Gasteiger partial charge in [-0.3, -0.25) is 14.4 Å². The predicted octanol–water partition coefficient (Wildman–Crippen LogP) is 4.32. The van der Waals surface area contributed by atoms with Crippen molar-refractivity contribution >= 4 is 29.8 Å². The first kappa shape index (κ1) is 30.6. The van der Waals surface area contributed by atoms with Crippen molar-refractivity contribution in [1.29, 1.82) is 0 Å². The summed E-state index contributed by atoms with van der Waals surface area (Å²) in [5.74, 6) is -1.81. The molecule has 0 aliphatic rings. The van der Waals surface area contributed by atoms with E-state index in [1.165, 1.54) is 37.4 Å². The van der Waals surface area contributed by atoms with Crippen molar-refractivity contribution < 1.29 is 41.1 Å². The minimum atomic E-state index is -4.72. The zero-order valence-corrected chi connectivity index (χ0v) is 20.3. The summed E-state index contributed by atoms with van der Waals surface area (Å²) in [6.45, 7) is 0.481. The molecule has 198 valence electrons. The predicted molar refractivity (Wildman–Crippen MR) is 124 cm³/mol. The van der Waals surface area contributed by atoms with Gasteiger partial charge in [0.2, 0.25) is 12.3 Å². The molecule has 0 aliphatic heterocycles. The molecule has 0 saturated heterocycles. The topological polar surface area (TPSA) is 111 Å². The lowest BCUT2D eigenvalue weighted by Crippen LogP contribution is -2.46. The van der Waals surface area contributed by atoms with Crippen LogP contribution in [0.15, 0.2) is 36.4 Å². The van der Waals surface area contributed by atoms with E-state index in [4.69, 9.17) is 21.1 Å². The molecule has 4 N–H and O–H groups in total. The molecule has 2 aromatic rings. The normalized spacial score (nSPS) is 11.3. The molecular weight excluding hydrogens is 513 g/mol. The first-order chi connectivity index (χ1) is 16.7. The lowest BCUT2D eigenvalue weighted by atomic mass is 9.91. The van der Waals surface area contributed by atoms with E-state index < -0.39 is 36.4 Å². The first-order valence-electron chi connectivity index (χ1n) is 10.3. The van der Waals surface area contributed by atoms with Crippen LogP contribution < -0.4 is 21.1 Å². The number of amides is 3. The summed E-state index contributed by atoms with van der Waals surface area (Å²) in [6, 6.07) is 8.82. The number of primary amides is 1. The number of hydrogen-bond acceptors (Lipinski definition) is 4. The molecule has 0 unspecified atom stereocenters. The van der Waals surface area contributed by atoms with Gasteiger partial charge in [-0.1, -0.05) is 23.7 Å². The minimum Gasteiger partial charge on any atom is -0.487 e. The number of benzene rings is 2. The highest BCUT2D eigenvalue weighted by molar-refractivity contribution is 6.33. The lowest BCUT2D eigenvalue weighted by molar-refractivity contribution is -0.211. The van der Waals surface area contributed by atoms with E-state index in [1.807, 2.05) is 0 Å². The van der Waals surface area contributed by atoms with Crippen LogP contribution in [0, 0.1) is 5.41 Å². The van der Waals surface area contributed by atoms with Crippen molar-refractivity contribution in [3.8, 4) is 16.9 Å². The summed E-state index contributed by atoms with van der Waals surface area (Å²) in [5, 5.41) is 4.92. The van der Waals surface area contributed by atoms with Crippen LogP contribution in [0.1, 0.15) is 29.8 Å². The molecule has 3 amide bonds. The van der Waals surface area contributed by atoms with E-state index in [1.54, 1.807) is 6.07 Å². The highest BCUT2D eigenvalue weighted by atomic mass is 35.5. The Morgan fingerprint density at radius 2 is 1.75 bits per heavy atom. The third kappa shape index (κ3) is 8.08. The Hall–Kier alpha value is -3.41. The van der Waals surface area contributed by atoms with Gasteiger partial charge in [-0.2, -0.15) is 13.2 Å². The van der Waals surface area contributed by atoms with Gasteiger partial charge in [0, 0.05) is 24.2 Å². The molecule has 2 aromatic carbocycles. The third-order valence-electron chi connectivity index (χ3n) is 4.89. The van der Waals surface area contributed by atoms with Gasteiger partial charge < -0.3 is 21.1 Å². The fourth-order valence-electron chi connectivity index (χ4n) is 2.72. The van der Waals surface area contributed by atoms with E-state index in [9.17, 15) is 31.5 Å². The van der Waals surface area contributed by atoms with Crippen molar-refractivity contribution in [2.24, 2.45) is 11.1 Å². The SMILES string of the molecule is CNC(=O)c1cc(-c2cc(CNC(=O)C(C)(C)C(F)(F)F)ccc2Cl)ccc1OCC(F)F.NC=O. The Morgan fingerprint density at radius 1 is 1.14 bits per heavy atom. The van der Waals surface area contributed by atoms with Gasteiger partial charge in [0.1, 0.15) is 17.8 Å². The number of alkyl halides is 5. The van der Waals surface area contributed by atoms with Crippen molar-refractivity contribution in [3.63, 3.8) is 0 Å². The number of nitrogens with one attached hydrogen (secondary N) is 2. The van der Waals surface area contributed by atoms with E-state index in [0.717, 1.165) is 13.8 Å². The number of hydrogen-bond donors (Lipinski definition) is 3. The van der Waals surface area contributed by atoms with Gasteiger partial charge >= 0.3 is 6.18 Å². The van der Waals surface area contributed by atoms with Gasteiger partial charge in [-0.05, 0) is 49.2 Å². The van der Waals surface area contributed by atoms with Gasteiger partial charge in [0.25, 0.3) is 12.3 Å². The summed E-state index contributed by atoms with van der Waals surface area (Å²) in [4.78, 5) is 32.8. The summed E-state index contributed by atoms with van der Waals surface area (Å²) < 4.78 is 69.2. The molecular formula is C23H25ClF5N3O4. The molecule has 0 aromatic heterocycles. The second-order valence-electron chi connectivity index (χ2n) is 7.75. The molecule has 0 bridgehead atoms. The Labute approximate surface area is 209 Å². The van der Waals surface area contributed by atoms with Gasteiger partial charge in [0.15, 0.2) is 0 Å². The molecule has 0 fully saturated rings. The van der Waals surface area contributed by atoms with E-state index >= 15 is 0 Å². The largest absolute Gasteiger partial charge is 0.487 e. The summed E-state index contributed by atoms with van der Waals surface area (Å²) >= 11 is 6.27. The number of nitrogens with two attached hydrogens (primary N) is 1. The molecule has 0 spiro atoms. The van der Waals surface area contributed by atoms with Crippen LogP contribution in [0.2, 0.25) is 5.02 Å². The number of carbonyl (C=O) groups excluding carboxylic acids is 3. The third-order valence-corrected chi connectivity index (χ3v) is 5.22. The molecule has 0 saturated carbocycles. The Balaban J connectivity index is 0.00000205. The average molecular weight is 538 g/mol. The van der Waals surface area contributed by atoms with Gasteiger partial charge in [-0.15, -0.1) is 0 Å². The molecule has 13 heteroatoms. The maximum absolute atomic E-state index is 13.0. The Kier molecular flexibility index (Phi) is 11.1. The van der Waals surface area contributed by atoms with Crippen LogP contribution in [0.25, 0.3) is 11.1 Å². The summed E-state index contributed by atoms with van der Waals surface area (Å²) in [6.07, 6.45) is -7.20. The smallest absolute Gasteiger partial charge is 0.402 e. The molecule has 0 aliphatic carbocycles. The van der Waals surface area contributed by atoms with E-state index in [0.29, 0.717) is 16.7 Å². The minimum absolute atomic E-state index is 0.00245. The number of rotatable bonds is 8. The lowest BCUT2D eigenvalue weighted by Gasteiger charge is -2.26. The highest BCUT2D eigenvalue weighted by Crippen LogP contribution is 2.38. The monoisotopic (exact) mass is 537 g/mol. The molecule has 36 heavy (non-hydrogen) atoms. The van der Waals surface area contributed by atoms with Crippen LogP contribution in [0.4, 0.5) is 22.0 Å². The fraction of sp³-hybridized carbons (Fsp3) is 0.348. The zero-order chi connectivity index (χ0) is 27.7. The maximum Gasteiger partial charge on any atom is 0.402 e. The van der Waals surface area contributed by atoms with Crippen LogP contribution in [0.3, 0.4) is 0 Å².